The molecule has 0 radical (unpaired) electrons. The van der Waals surface area contributed by atoms with Crippen molar-refractivity contribution in [1.29, 1.82) is 0 Å². The molecule has 2 aromatic rings. The van der Waals surface area contributed by atoms with Crippen LogP contribution in [0.3, 0.4) is 0 Å². The van der Waals surface area contributed by atoms with Crippen LogP contribution in [-0.2, 0) is 15.6 Å². The van der Waals surface area contributed by atoms with Gasteiger partial charge in [0.05, 0.1) is 23.6 Å². The predicted molar refractivity (Wildman–Crippen MR) is 115 cm³/mol. The van der Waals surface area contributed by atoms with Crippen molar-refractivity contribution >= 4 is 32.5 Å². The number of hydrogen-bond donors (Lipinski definition) is 0. The average molecular weight is 401 g/mol. The molecular weight excluding hydrogens is 376 g/mol. The van der Waals surface area contributed by atoms with Gasteiger partial charge in [0, 0.05) is 11.4 Å². The molecule has 0 N–H and O–H groups in total. The Kier molecular flexibility index (Phi) is 4.80. The molecule has 0 aliphatic carbocycles. The van der Waals surface area contributed by atoms with Gasteiger partial charge in [-0.25, -0.2) is 8.42 Å². The third-order valence-electron chi connectivity index (χ3n) is 5.18. The van der Waals surface area contributed by atoms with Crippen LogP contribution in [0.15, 0.2) is 47.5 Å². The van der Waals surface area contributed by atoms with Gasteiger partial charge in [-0.05, 0) is 43.5 Å². The van der Waals surface area contributed by atoms with E-state index in [4.69, 9.17) is 4.99 Å². The molecule has 0 saturated carbocycles. The first-order chi connectivity index (χ1) is 12.8. The normalized spacial score (nSPS) is 23.4. The Morgan fingerprint density at radius 1 is 1.07 bits per heavy atom. The number of thioether (sulfide) groups is 1. The third kappa shape index (κ3) is 3.78. The standard InChI is InChI=1S/C21H24N2O2S2/c1-14-5-4-6-17(9-14)11-26-21-22-18-12-27(24,25)13-20(18)23(21)19-10-15(2)7-8-16(19)3/h4-10,18,20H,11-13H2,1-3H3/t18-,20-/m0/s1. The lowest BCUT2D eigenvalue weighted by Gasteiger charge is -2.28. The Hall–Kier alpha value is -1.79. The van der Waals surface area contributed by atoms with Crippen molar-refractivity contribution in [2.45, 2.75) is 38.6 Å². The number of benzene rings is 2. The third-order valence-corrected chi connectivity index (χ3v) is 7.92. The van der Waals surface area contributed by atoms with Crippen LogP contribution in [0.2, 0.25) is 0 Å². The van der Waals surface area contributed by atoms with Crippen LogP contribution in [0.25, 0.3) is 0 Å². The molecule has 27 heavy (non-hydrogen) atoms. The summed E-state index contributed by atoms with van der Waals surface area (Å²) in [7, 11) is -3.02. The number of amidine groups is 1. The van der Waals surface area contributed by atoms with Crippen molar-refractivity contribution in [1.82, 2.24) is 0 Å². The first kappa shape index (κ1) is 18.6. The Balaban J connectivity index is 1.66. The second-order valence-corrected chi connectivity index (χ2v) is 10.7. The lowest BCUT2D eigenvalue weighted by molar-refractivity contribution is 0.601. The lowest BCUT2D eigenvalue weighted by atomic mass is 10.1. The van der Waals surface area contributed by atoms with Crippen molar-refractivity contribution in [2.24, 2.45) is 4.99 Å². The summed E-state index contributed by atoms with van der Waals surface area (Å²) in [6.07, 6.45) is 0. The Morgan fingerprint density at radius 3 is 2.63 bits per heavy atom. The van der Waals surface area contributed by atoms with E-state index in [9.17, 15) is 8.42 Å². The van der Waals surface area contributed by atoms with E-state index in [2.05, 4.69) is 68.1 Å². The highest BCUT2D eigenvalue weighted by Crippen LogP contribution is 2.37. The monoisotopic (exact) mass is 400 g/mol. The zero-order valence-corrected chi connectivity index (χ0v) is 17.5. The van der Waals surface area contributed by atoms with Crippen LogP contribution in [0.4, 0.5) is 5.69 Å². The highest BCUT2D eigenvalue weighted by atomic mass is 32.2. The van der Waals surface area contributed by atoms with Crippen LogP contribution in [0, 0.1) is 20.8 Å². The summed E-state index contributed by atoms with van der Waals surface area (Å²) >= 11 is 1.70. The first-order valence-electron chi connectivity index (χ1n) is 9.15. The summed E-state index contributed by atoms with van der Waals surface area (Å²) < 4.78 is 24.4. The Morgan fingerprint density at radius 2 is 1.85 bits per heavy atom. The van der Waals surface area contributed by atoms with Crippen LogP contribution >= 0.6 is 11.8 Å². The number of aliphatic imine (C=N–C) groups is 1. The van der Waals surface area contributed by atoms with Crippen molar-refractivity contribution < 1.29 is 8.42 Å². The number of anilines is 1. The van der Waals surface area contributed by atoms with E-state index in [1.54, 1.807) is 11.8 Å². The van der Waals surface area contributed by atoms with E-state index in [1.165, 1.54) is 16.7 Å². The zero-order valence-electron chi connectivity index (χ0n) is 15.8. The number of nitrogens with zero attached hydrogens (tertiary/aromatic N) is 2. The molecule has 0 unspecified atom stereocenters. The smallest absolute Gasteiger partial charge is 0.164 e. The summed E-state index contributed by atoms with van der Waals surface area (Å²) in [6, 6.07) is 14.6. The van der Waals surface area contributed by atoms with Crippen molar-refractivity contribution in [2.75, 3.05) is 16.4 Å². The lowest BCUT2D eigenvalue weighted by Crippen LogP contribution is -2.39. The molecule has 1 fully saturated rings. The number of aryl methyl sites for hydroxylation is 3. The fraction of sp³-hybridized carbons (Fsp3) is 0.381. The predicted octanol–water partition coefficient (Wildman–Crippen LogP) is 3.89. The highest BCUT2D eigenvalue weighted by molar-refractivity contribution is 8.13. The van der Waals surface area contributed by atoms with E-state index < -0.39 is 9.84 Å². The summed E-state index contributed by atoms with van der Waals surface area (Å²) in [4.78, 5) is 7.02. The fourth-order valence-corrected chi connectivity index (χ4v) is 6.75. The minimum Gasteiger partial charge on any atom is -0.315 e. The maximum absolute atomic E-state index is 12.2. The van der Waals surface area contributed by atoms with Gasteiger partial charge < -0.3 is 4.90 Å². The maximum Gasteiger partial charge on any atom is 0.164 e. The van der Waals surface area contributed by atoms with E-state index in [1.807, 2.05) is 0 Å². The van der Waals surface area contributed by atoms with Crippen LogP contribution in [0.1, 0.15) is 22.3 Å². The second-order valence-electron chi connectivity index (χ2n) is 7.56. The van der Waals surface area contributed by atoms with Crippen LogP contribution in [-0.4, -0.2) is 37.2 Å². The van der Waals surface area contributed by atoms with Gasteiger partial charge in [-0.3, -0.25) is 4.99 Å². The van der Waals surface area contributed by atoms with Crippen molar-refractivity contribution in [3.8, 4) is 0 Å². The van der Waals surface area contributed by atoms with Gasteiger partial charge in [-0.2, -0.15) is 0 Å². The molecule has 142 valence electrons. The minimum absolute atomic E-state index is 0.0875. The Labute approximate surface area is 165 Å². The van der Waals surface area contributed by atoms with E-state index in [0.717, 1.165) is 22.2 Å². The molecule has 2 aromatic carbocycles. The molecule has 2 aliphatic heterocycles. The second kappa shape index (κ2) is 6.99. The minimum atomic E-state index is -3.02. The number of hydrogen-bond acceptors (Lipinski definition) is 5. The summed E-state index contributed by atoms with van der Waals surface area (Å²) in [5.74, 6) is 1.17. The van der Waals surface area contributed by atoms with E-state index in [-0.39, 0.29) is 23.6 Å². The van der Waals surface area contributed by atoms with Gasteiger partial charge in [-0.1, -0.05) is 53.7 Å². The molecule has 4 rings (SSSR count). The SMILES string of the molecule is Cc1cccc(CSC2=N[C@H]3CS(=O)(=O)C[C@@H]3N2c2cc(C)ccc2C)c1. The summed E-state index contributed by atoms with van der Waals surface area (Å²) in [5, 5.41) is 0.940. The van der Waals surface area contributed by atoms with Crippen LogP contribution in [0.5, 0.6) is 0 Å². The van der Waals surface area contributed by atoms with Gasteiger partial charge in [0.25, 0.3) is 0 Å². The van der Waals surface area contributed by atoms with Crippen LogP contribution < -0.4 is 4.90 Å². The van der Waals surface area contributed by atoms with E-state index >= 15 is 0 Å². The molecule has 6 heteroatoms. The van der Waals surface area contributed by atoms with Crippen molar-refractivity contribution in [3.05, 3.63) is 64.7 Å². The molecule has 0 amide bonds. The highest BCUT2D eigenvalue weighted by Gasteiger charge is 2.47. The molecule has 2 atom stereocenters. The number of fused-ring (bicyclic) bond motifs is 1. The molecule has 0 aromatic heterocycles. The fourth-order valence-electron chi connectivity index (χ4n) is 3.84. The molecule has 2 heterocycles. The van der Waals surface area contributed by atoms with E-state index in [0.29, 0.717) is 0 Å². The largest absolute Gasteiger partial charge is 0.315 e. The van der Waals surface area contributed by atoms with Gasteiger partial charge in [0.15, 0.2) is 15.0 Å². The topological polar surface area (TPSA) is 49.7 Å². The molecule has 4 nitrogen and oxygen atoms in total. The zero-order chi connectivity index (χ0) is 19.2. The molecule has 0 bridgehead atoms. The molecule has 1 saturated heterocycles. The quantitative estimate of drug-likeness (QED) is 0.784. The Bertz CT molecular complexity index is 1010. The maximum atomic E-state index is 12.2. The van der Waals surface area contributed by atoms with Gasteiger partial charge in [0.1, 0.15) is 0 Å². The number of rotatable bonds is 3. The van der Waals surface area contributed by atoms with Crippen molar-refractivity contribution in [3.63, 3.8) is 0 Å². The van der Waals surface area contributed by atoms with Gasteiger partial charge in [0.2, 0.25) is 0 Å². The van der Waals surface area contributed by atoms with Gasteiger partial charge >= 0.3 is 0 Å². The van der Waals surface area contributed by atoms with Gasteiger partial charge in [-0.15, -0.1) is 0 Å². The molecule has 2 aliphatic rings. The summed E-state index contributed by atoms with van der Waals surface area (Å²) in [6.45, 7) is 6.24. The average Bonchev–Trinajstić information content (AvgIpc) is 3.06. The first-order valence-corrected chi connectivity index (χ1v) is 12.0. The molecular formula is C21H24N2O2S2. The number of sulfone groups is 1. The molecule has 0 spiro atoms. The summed E-state index contributed by atoms with van der Waals surface area (Å²) in [5.41, 5.74) is 5.90.